The van der Waals surface area contributed by atoms with E-state index in [-0.39, 0.29) is 11.8 Å². The third-order valence-electron chi connectivity index (χ3n) is 3.32. The van der Waals surface area contributed by atoms with Crippen LogP contribution in [-0.4, -0.2) is 17.4 Å². The predicted molar refractivity (Wildman–Crippen MR) is 76.4 cm³/mol. The molecule has 2 heterocycles. The maximum Gasteiger partial charge on any atom is 0.235 e. The van der Waals surface area contributed by atoms with Gasteiger partial charge in [-0.2, -0.15) is 0 Å². The molecule has 1 atom stereocenters. The Morgan fingerprint density at radius 1 is 1.53 bits per heavy atom. The third kappa shape index (κ3) is 2.52. The lowest BCUT2D eigenvalue weighted by molar-refractivity contribution is -0.117. The van der Waals surface area contributed by atoms with E-state index >= 15 is 0 Å². The molecule has 1 aromatic heterocycles. The SMILES string of the molecule is Cc1ccc2c(c1)CNCC2C(=O)Nc1nccs1. The number of rotatable bonds is 2. The van der Waals surface area contributed by atoms with Gasteiger partial charge in [-0.1, -0.05) is 23.8 Å². The van der Waals surface area contributed by atoms with E-state index in [1.165, 1.54) is 22.5 Å². The minimum Gasteiger partial charge on any atom is -0.312 e. The second-order valence-corrected chi connectivity index (χ2v) is 5.61. The number of aryl methyl sites for hydroxylation is 1. The molecule has 1 aliphatic heterocycles. The molecule has 2 N–H and O–H groups in total. The molecule has 1 aliphatic rings. The number of carbonyl (C=O) groups excluding carboxylic acids is 1. The highest BCUT2D eigenvalue weighted by Gasteiger charge is 2.26. The number of carbonyl (C=O) groups is 1. The molecular formula is C14H15N3OS. The third-order valence-corrected chi connectivity index (χ3v) is 4.01. The number of hydrogen-bond donors (Lipinski definition) is 2. The maximum absolute atomic E-state index is 12.3. The first-order valence-corrected chi connectivity index (χ1v) is 7.12. The number of benzene rings is 1. The molecule has 1 aromatic carbocycles. The summed E-state index contributed by atoms with van der Waals surface area (Å²) in [6, 6.07) is 6.27. The molecule has 0 spiro atoms. The number of nitrogens with one attached hydrogen (secondary N) is 2. The van der Waals surface area contributed by atoms with Gasteiger partial charge in [-0.15, -0.1) is 11.3 Å². The molecule has 0 bridgehead atoms. The summed E-state index contributed by atoms with van der Waals surface area (Å²) in [6.07, 6.45) is 1.69. The number of thiazole rings is 1. The average molecular weight is 273 g/mol. The summed E-state index contributed by atoms with van der Waals surface area (Å²) in [5, 5.41) is 8.69. The summed E-state index contributed by atoms with van der Waals surface area (Å²) in [4.78, 5) is 16.4. The fourth-order valence-electron chi connectivity index (χ4n) is 2.40. The van der Waals surface area contributed by atoms with Crippen molar-refractivity contribution in [2.75, 3.05) is 11.9 Å². The van der Waals surface area contributed by atoms with Gasteiger partial charge in [0.15, 0.2) is 5.13 Å². The number of anilines is 1. The molecule has 1 amide bonds. The van der Waals surface area contributed by atoms with Crippen molar-refractivity contribution < 1.29 is 4.79 Å². The standard InChI is InChI=1S/C14H15N3OS/c1-9-2-3-11-10(6-9)7-15-8-12(11)13(18)17-14-16-4-5-19-14/h2-6,12,15H,7-8H2,1H3,(H,16,17,18). The van der Waals surface area contributed by atoms with Crippen LogP contribution in [0.5, 0.6) is 0 Å². The lowest BCUT2D eigenvalue weighted by atomic mass is 9.89. The number of aromatic nitrogens is 1. The van der Waals surface area contributed by atoms with E-state index in [2.05, 4.69) is 40.7 Å². The van der Waals surface area contributed by atoms with Crippen molar-refractivity contribution >= 4 is 22.4 Å². The van der Waals surface area contributed by atoms with Gasteiger partial charge in [0, 0.05) is 24.7 Å². The molecule has 1 unspecified atom stereocenters. The highest BCUT2D eigenvalue weighted by molar-refractivity contribution is 7.13. The largest absolute Gasteiger partial charge is 0.312 e. The van der Waals surface area contributed by atoms with E-state index in [0.29, 0.717) is 11.7 Å². The first-order valence-electron chi connectivity index (χ1n) is 6.24. The van der Waals surface area contributed by atoms with Gasteiger partial charge in [-0.05, 0) is 18.1 Å². The zero-order chi connectivity index (χ0) is 13.2. The fourth-order valence-corrected chi connectivity index (χ4v) is 2.93. The van der Waals surface area contributed by atoms with Crippen molar-refractivity contribution in [2.45, 2.75) is 19.4 Å². The van der Waals surface area contributed by atoms with E-state index in [0.717, 1.165) is 12.1 Å². The Balaban J connectivity index is 1.85. The van der Waals surface area contributed by atoms with E-state index in [9.17, 15) is 4.79 Å². The first-order chi connectivity index (χ1) is 9.24. The second kappa shape index (κ2) is 5.11. The molecule has 0 saturated carbocycles. The molecule has 0 saturated heterocycles. The van der Waals surface area contributed by atoms with Crippen LogP contribution in [-0.2, 0) is 11.3 Å². The molecule has 0 fully saturated rings. The van der Waals surface area contributed by atoms with Crippen LogP contribution in [0.3, 0.4) is 0 Å². The predicted octanol–water partition coefficient (Wildman–Crippen LogP) is 2.28. The Kier molecular flexibility index (Phi) is 3.31. The van der Waals surface area contributed by atoms with Crippen LogP contribution in [0, 0.1) is 6.92 Å². The second-order valence-electron chi connectivity index (χ2n) is 4.71. The van der Waals surface area contributed by atoms with E-state index in [4.69, 9.17) is 0 Å². The van der Waals surface area contributed by atoms with Gasteiger partial charge in [0.1, 0.15) is 0 Å². The normalized spacial score (nSPS) is 17.8. The monoisotopic (exact) mass is 273 g/mol. The molecule has 19 heavy (non-hydrogen) atoms. The molecule has 0 radical (unpaired) electrons. The van der Waals surface area contributed by atoms with Crippen molar-refractivity contribution in [1.29, 1.82) is 0 Å². The van der Waals surface area contributed by atoms with Crippen molar-refractivity contribution in [2.24, 2.45) is 0 Å². The molecule has 98 valence electrons. The number of nitrogens with zero attached hydrogens (tertiary/aromatic N) is 1. The number of fused-ring (bicyclic) bond motifs is 1. The van der Waals surface area contributed by atoms with Crippen LogP contribution in [0.2, 0.25) is 0 Å². The molecule has 3 rings (SSSR count). The zero-order valence-corrected chi connectivity index (χ0v) is 11.5. The lowest BCUT2D eigenvalue weighted by Crippen LogP contribution is -2.35. The molecule has 5 heteroatoms. The van der Waals surface area contributed by atoms with Gasteiger partial charge < -0.3 is 10.6 Å². The number of hydrogen-bond acceptors (Lipinski definition) is 4. The Hall–Kier alpha value is -1.72. The highest BCUT2D eigenvalue weighted by atomic mass is 32.1. The van der Waals surface area contributed by atoms with Gasteiger partial charge in [0.05, 0.1) is 5.92 Å². The smallest absolute Gasteiger partial charge is 0.235 e. The summed E-state index contributed by atoms with van der Waals surface area (Å²) in [5.74, 6) is -0.138. The van der Waals surface area contributed by atoms with Crippen LogP contribution in [0.25, 0.3) is 0 Å². The van der Waals surface area contributed by atoms with Crippen LogP contribution >= 0.6 is 11.3 Å². The van der Waals surface area contributed by atoms with Crippen LogP contribution < -0.4 is 10.6 Å². The molecule has 4 nitrogen and oxygen atoms in total. The van der Waals surface area contributed by atoms with E-state index < -0.39 is 0 Å². The number of amides is 1. The Bertz CT molecular complexity index is 595. The quantitative estimate of drug-likeness (QED) is 0.882. The fraction of sp³-hybridized carbons (Fsp3) is 0.286. The van der Waals surface area contributed by atoms with Crippen LogP contribution in [0.1, 0.15) is 22.6 Å². The van der Waals surface area contributed by atoms with Gasteiger partial charge >= 0.3 is 0 Å². The Morgan fingerprint density at radius 2 is 2.42 bits per heavy atom. The summed E-state index contributed by atoms with van der Waals surface area (Å²) in [5.41, 5.74) is 3.56. The minimum absolute atomic E-state index is 0.00672. The summed E-state index contributed by atoms with van der Waals surface area (Å²) < 4.78 is 0. The Morgan fingerprint density at radius 3 is 3.21 bits per heavy atom. The van der Waals surface area contributed by atoms with Crippen molar-refractivity contribution in [3.63, 3.8) is 0 Å². The van der Waals surface area contributed by atoms with Crippen molar-refractivity contribution in [1.82, 2.24) is 10.3 Å². The van der Waals surface area contributed by atoms with Gasteiger partial charge in [-0.3, -0.25) is 4.79 Å². The van der Waals surface area contributed by atoms with Crippen molar-refractivity contribution in [3.05, 3.63) is 46.5 Å². The zero-order valence-electron chi connectivity index (χ0n) is 10.6. The summed E-state index contributed by atoms with van der Waals surface area (Å²) >= 11 is 1.44. The maximum atomic E-state index is 12.3. The first kappa shape index (κ1) is 12.3. The van der Waals surface area contributed by atoms with Crippen molar-refractivity contribution in [3.8, 4) is 0 Å². The van der Waals surface area contributed by atoms with Gasteiger partial charge in [-0.25, -0.2) is 4.98 Å². The summed E-state index contributed by atoms with van der Waals surface area (Å²) in [6.45, 7) is 3.57. The van der Waals surface area contributed by atoms with Gasteiger partial charge in [0.2, 0.25) is 5.91 Å². The van der Waals surface area contributed by atoms with Crippen LogP contribution in [0.4, 0.5) is 5.13 Å². The van der Waals surface area contributed by atoms with Crippen LogP contribution in [0.15, 0.2) is 29.8 Å². The average Bonchev–Trinajstić information content (AvgIpc) is 2.90. The van der Waals surface area contributed by atoms with Gasteiger partial charge in [0.25, 0.3) is 0 Å². The summed E-state index contributed by atoms with van der Waals surface area (Å²) in [7, 11) is 0. The topological polar surface area (TPSA) is 54.0 Å². The van der Waals surface area contributed by atoms with E-state index in [1.54, 1.807) is 6.20 Å². The molecule has 0 aliphatic carbocycles. The Labute approximate surface area is 115 Å². The molecule has 2 aromatic rings. The molecular weight excluding hydrogens is 258 g/mol. The van der Waals surface area contributed by atoms with E-state index in [1.807, 2.05) is 5.38 Å². The minimum atomic E-state index is -0.145. The highest BCUT2D eigenvalue weighted by Crippen LogP contribution is 2.26. The lowest BCUT2D eigenvalue weighted by Gasteiger charge is -2.25.